The Balaban J connectivity index is 1.46. The van der Waals surface area contributed by atoms with Crippen LogP contribution < -0.4 is 4.74 Å². The highest BCUT2D eigenvalue weighted by molar-refractivity contribution is 8.18. The lowest BCUT2D eigenvalue weighted by Crippen LogP contribution is -2.50. The standard InChI is InChI=1S/C24H20F4N4O4S2/c1-2-38(34,35)32-9-7-31(8-10-32)23-30-22(33)21(37-23)13-15-3-6-20(18(25)12-15)36-19-5-4-16(14-29)11-17(19)24(26,27)28/h3-6,11-13H,2,7-10H2,1H3/b21-13-. The molecule has 1 fully saturated rings. The van der Waals surface area contributed by atoms with Crippen molar-refractivity contribution >= 4 is 38.9 Å². The number of sulfonamides is 1. The van der Waals surface area contributed by atoms with Gasteiger partial charge in [-0.05, 0) is 60.7 Å². The molecule has 2 aliphatic rings. The average molecular weight is 569 g/mol. The molecule has 2 heterocycles. The first-order valence-electron chi connectivity index (χ1n) is 11.3. The number of aliphatic imine (C=N–C) groups is 1. The molecule has 0 aromatic heterocycles. The number of halogens is 4. The number of benzene rings is 2. The van der Waals surface area contributed by atoms with E-state index in [0.29, 0.717) is 24.3 Å². The van der Waals surface area contributed by atoms with Gasteiger partial charge in [0.05, 0.1) is 27.9 Å². The van der Waals surface area contributed by atoms with Crippen LogP contribution >= 0.6 is 11.8 Å². The van der Waals surface area contributed by atoms with Crippen molar-refractivity contribution in [1.29, 1.82) is 5.26 Å². The third-order valence-electron chi connectivity index (χ3n) is 5.76. The molecule has 2 aromatic rings. The lowest BCUT2D eigenvalue weighted by atomic mass is 10.1. The molecule has 2 aromatic carbocycles. The van der Waals surface area contributed by atoms with Crippen LogP contribution in [0.1, 0.15) is 23.6 Å². The van der Waals surface area contributed by atoms with E-state index in [2.05, 4.69) is 4.99 Å². The molecule has 4 rings (SSSR count). The van der Waals surface area contributed by atoms with Crippen molar-refractivity contribution in [3.05, 3.63) is 63.8 Å². The molecule has 1 amide bonds. The van der Waals surface area contributed by atoms with Crippen LogP contribution in [0, 0.1) is 17.1 Å². The molecule has 0 aliphatic carbocycles. The van der Waals surface area contributed by atoms with Crippen molar-refractivity contribution < 1.29 is 35.5 Å². The van der Waals surface area contributed by atoms with Crippen LogP contribution in [0.15, 0.2) is 46.3 Å². The number of thioether (sulfide) groups is 1. The van der Waals surface area contributed by atoms with Gasteiger partial charge in [0.25, 0.3) is 5.91 Å². The molecule has 0 saturated carbocycles. The van der Waals surface area contributed by atoms with Gasteiger partial charge in [-0.3, -0.25) is 4.79 Å². The Labute approximate surface area is 220 Å². The highest BCUT2D eigenvalue weighted by Gasteiger charge is 2.35. The van der Waals surface area contributed by atoms with Gasteiger partial charge in [0.15, 0.2) is 16.7 Å². The number of carbonyl (C=O) groups is 1. The molecule has 0 bridgehead atoms. The van der Waals surface area contributed by atoms with Gasteiger partial charge >= 0.3 is 6.18 Å². The van der Waals surface area contributed by atoms with E-state index in [1.165, 1.54) is 16.4 Å². The molecule has 200 valence electrons. The summed E-state index contributed by atoms with van der Waals surface area (Å²) in [6, 6.07) is 7.84. The van der Waals surface area contributed by atoms with E-state index in [4.69, 9.17) is 10.00 Å². The second-order valence-corrected chi connectivity index (χ2v) is 11.5. The minimum absolute atomic E-state index is 0.00538. The number of rotatable bonds is 5. The average Bonchev–Trinajstić information content (AvgIpc) is 3.25. The van der Waals surface area contributed by atoms with Gasteiger partial charge in [0.2, 0.25) is 10.0 Å². The Morgan fingerprint density at radius 2 is 1.82 bits per heavy atom. The molecular weight excluding hydrogens is 548 g/mol. The zero-order chi connectivity index (χ0) is 27.7. The fourth-order valence-electron chi connectivity index (χ4n) is 3.74. The number of amides is 1. The number of nitriles is 1. The molecule has 0 N–H and O–H groups in total. The molecule has 1 saturated heterocycles. The summed E-state index contributed by atoms with van der Waals surface area (Å²) in [6.07, 6.45) is -3.42. The number of hydrogen-bond acceptors (Lipinski definition) is 7. The largest absolute Gasteiger partial charge is 0.454 e. The highest BCUT2D eigenvalue weighted by atomic mass is 32.2. The number of hydrogen-bond donors (Lipinski definition) is 0. The maximum Gasteiger partial charge on any atom is 0.420 e. The topological polar surface area (TPSA) is 103 Å². The molecule has 0 atom stereocenters. The van der Waals surface area contributed by atoms with Gasteiger partial charge in [-0.1, -0.05) is 6.07 Å². The van der Waals surface area contributed by atoms with Crippen LogP contribution in [0.3, 0.4) is 0 Å². The first-order chi connectivity index (χ1) is 17.9. The van der Waals surface area contributed by atoms with Crippen LogP contribution in [0.25, 0.3) is 6.08 Å². The maximum atomic E-state index is 14.7. The Kier molecular flexibility index (Phi) is 7.82. The first kappa shape index (κ1) is 27.6. The van der Waals surface area contributed by atoms with Gasteiger partial charge in [-0.25, -0.2) is 12.8 Å². The molecule has 8 nitrogen and oxygen atoms in total. The monoisotopic (exact) mass is 568 g/mol. The Bertz CT molecular complexity index is 1480. The smallest absolute Gasteiger partial charge is 0.420 e. The van der Waals surface area contributed by atoms with E-state index in [9.17, 15) is 30.8 Å². The molecular formula is C24H20F4N4O4S2. The van der Waals surface area contributed by atoms with E-state index in [-0.39, 0.29) is 34.9 Å². The first-order valence-corrected chi connectivity index (χ1v) is 13.7. The van der Waals surface area contributed by atoms with Crippen molar-refractivity contribution in [1.82, 2.24) is 9.21 Å². The summed E-state index contributed by atoms with van der Waals surface area (Å²) in [5.74, 6) is -2.62. The van der Waals surface area contributed by atoms with Crippen molar-refractivity contribution in [2.45, 2.75) is 13.1 Å². The number of amidine groups is 1. The maximum absolute atomic E-state index is 14.7. The summed E-state index contributed by atoms with van der Waals surface area (Å²) >= 11 is 1.07. The lowest BCUT2D eigenvalue weighted by Gasteiger charge is -2.34. The molecule has 0 radical (unpaired) electrons. The van der Waals surface area contributed by atoms with Crippen molar-refractivity contribution in [2.75, 3.05) is 31.9 Å². The van der Waals surface area contributed by atoms with E-state index in [1.807, 2.05) is 0 Å². The fraction of sp³-hybridized carbons (Fsp3) is 0.292. The van der Waals surface area contributed by atoms with Crippen LogP contribution in [-0.4, -0.2) is 60.6 Å². The summed E-state index contributed by atoms with van der Waals surface area (Å²) in [5, 5.41) is 9.29. The van der Waals surface area contributed by atoms with Gasteiger partial charge < -0.3 is 9.64 Å². The highest BCUT2D eigenvalue weighted by Crippen LogP contribution is 2.39. The number of carbonyl (C=O) groups excluding carboxylic acids is 1. The number of piperazine rings is 1. The third-order valence-corrected chi connectivity index (χ3v) is 8.69. The zero-order valence-electron chi connectivity index (χ0n) is 19.8. The van der Waals surface area contributed by atoms with Crippen molar-refractivity contribution in [3.63, 3.8) is 0 Å². The van der Waals surface area contributed by atoms with Crippen LogP contribution in [-0.2, 0) is 21.0 Å². The summed E-state index contributed by atoms with van der Waals surface area (Å²) < 4.78 is 85.5. The molecule has 2 aliphatic heterocycles. The molecule has 38 heavy (non-hydrogen) atoms. The van der Waals surface area contributed by atoms with Crippen LogP contribution in [0.4, 0.5) is 17.6 Å². The minimum Gasteiger partial charge on any atom is -0.454 e. The SMILES string of the molecule is CCS(=O)(=O)N1CCN(C2=NC(=O)/C(=C/c3ccc(Oc4ccc(C#N)cc4C(F)(F)F)c(F)c3)S2)CC1. The molecule has 14 heteroatoms. The van der Waals surface area contributed by atoms with E-state index in [0.717, 1.165) is 36.0 Å². The van der Waals surface area contributed by atoms with Crippen LogP contribution in [0.5, 0.6) is 11.5 Å². The number of ether oxygens (including phenoxy) is 1. The van der Waals surface area contributed by atoms with Crippen LogP contribution in [0.2, 0.25) is 0 Å². The second kappa shape index (κ2) is 10.8. The van der Waals surface area contributed by atoms with Gasteiger partial charge in [0, 0.05) is 26.2 Å². The van der Waals surface area contributed by atoms with E-state index < -0.39 is 45.0 Å². The predicted octanol–water partition coefficient (Wildman–Crippen LogP) is 4.45. The second-order valence-electron chi connectivity index (χ2n) is 8.21. The van der Waals surface area contributed by atoms with E-state index in [1.54, 1.807) is 17.9 Å². The van der Waals surface area contributed by atoms with Crippen molar-refractivity contribution in [3.8, 4) is 17.6 Å². The summed E-state index contributed by atoms with van der Waals surface area (Å²) in [7, 11) is -3.30. The number of nitrogens with zero attached hydrogens (tertiary/aromatic N) is 4. The Hall–Kier alpha value is -3.41. The summed E-state index contributed by atoms with van der Waals surface area (Å²) in [4.78, 5) is 18.5. The Morgan fingerprint density at radius 1 is 1.13 bits per heavy atom. The van der Waals surface area contributed by atoms with Crippen molar-refractivity contribution in [2.24, 2.45) is 4.99 Å². The third kappa shape index (κ3) is 6.01. The van der Waals surface area contributed by atoms with Gasteiger partial charge in [-0.2, -0.15) is 27.7 Å². The molecule has 0 unspecified atom stereocenters. The van der Waals surface area contributed by atoms with Gasteiger partial charge in [0.1, 0.15) is 5.75 Å². The normalized spacial score (nSPS) is 18.0. The quantitative estimate of drug-likeness (QED) is 0.388. The summed E-state index contributed by atoms with van der Waals surface area (Å²) in [5.41, 5.74) is -1.18. The minimum atomic E-state index is -4.82. The summed E-state index contributed by atoms with van der Waals surface area (Å²) in [6.45, 7) is 2.83. The van der Waals surface area contributed by atoms with Gasteiger partial charge in [-0.15, -0.1) is 0 Å². The Morgan fingerprint density at radius 3 is 2.42 bits per heavy atom. The number of alkyl halides is 3. The molecule has 0 spiro atoms. The lowest BCUT2D eigenvalue weighted by molar-refractivity contribution is -0.138. The fourth-order valence-corrected chi connectivity index (χ4v) is 5.79. The predicted molar refractivity (Wildman–Crippen MR) is 133 cm³/mol. The zero-order valence-corrected chi connectivity index (χ0v) is 21.5. The van der Waals surface area contributed by atoms with E-state index >= 15 is 0 Å².